The van der Waals surface area contributed by atoms with Gasteiger partial charge in [-0.25, -0.2) is 14.1 Å². The number of anilines is 1. The van der Waals surface area contributed by atoms with Gasteiger partial charge in [0.25, 0.3) is 5.91 Å². The largest absolute Gasteiger partial charge is 0.489 e. The van der Waals surface area contributed by atoms with Gasteiger partial charge in [0, 0.05) is 5.69 Å². The Kier molecular flexibility index (Phi) is 7.21. The number of carbonyl (C=O) groups excluding carboxylic acids is 3. The van der Waals surface area contributed by atoms with Crippen LogP contribution in [0.4, 0.5) is 14.9 Å². The fourth-order valence-corrected chi connectivity index (χ4v) is 3.57. The maximum absolute atomic E-state index is 13.0. The molecule has 2 N–H and O–H groups in total. The van der Waals surface area contributed by atoms with Crippen LogP contribution in [-0.4, -0.2) is 29.3 Å². The molecule has 0 aliphatic carbocycles. The summed E-state index contributed by atoms with van der Waals surface area (Å²) in [7, 11) is 0. The van der Waals surface area contributed by atoms with E-state index in [2.05, 4.69) is 10.6 Å². The zero-order chi connectivity index (χ0) is 24.8. The number of carbonyl (C=O) groups is 3. The zero-order valence-electron chi connectivity index (χ0n) is 19.1. The molecule has 0 radical (unpaired) electrons. The fraction of sp³-hybridized carbons (Fsp3) is 0.148. The van der Waals surface area contributed by atoms with Gasteiger partial charge in [-0.2, -0.15) is 0 Å². The number of halogens is 1. The Labute approximate surface area is 202 Å². The molecule has 1 saturated heterocycles. The van der Waals surface area contributed by atoms with E-state index in [0.29, 0.717) is 17.0 Å². The highest BCUT2D eigenvalue weighted by molar-refractivity contribution is 6.16. The number of rotatable bonds is 8. The summed E-state index contributed by atoms with van der Waals surface area (Å²) in [5.74, 6) is -0.742. The van der Waals surface area contributed by atoms with Crippen molar-refractivity contribution in [2.75, 3.05) is 11.9 Å². The smallest absolute Gasteiger partial charge is 0.329 e. The molecule has 1 aliphatic heterocycles. The summed E-state index contributed by atoms with van der Waals surface area (Å²) < 4.78 is 18.7. The molecule has 8 heteroatoms. The monoisotopic (exact) mass is 473 g/mol. The molecule has 1 heterocycles. The van der Waals surface area contributed by atoms with Crippen molar-refractivity contribution in [2.45, 2.75) is 20.0 Å². The first-order chi connectivity index (χ1) is 16.9. The van der Waals surface area contributed by atoms with Gasteiger partial charge in [-0.1, -0.05) is 49.4 Å². The van der Waals surface area contributed by atoms with Gasteiger partial charge in [0.1, 0.15) is 30.4 Å². The standard InChI is InChI=1S/C27H24FN3O4/c1-2-20-5-3-4-6-23(20)29-25(32)16-31-26(33)24(30-27(31)34)15-18-9-13-22(14-10-18)35-17-19-7-11-21(28)12-8-19/h3-15H,2,16-17H2,1H3,(H,29,32)(H,30,34)/b24-15+. The number of ether oxygens (including phenoxy) is 1. The van der Waals surface area contributed by atoms with Crippen LogP contribution in [0.3, 0.4) is 0 Å². The molecule has 7 nitrogen and oxygen atoms in total. The summed E-state index contributed by atoms with van der Waals surface area (Å²) >= 11 is 0. The quantitative estimate of drug-likeness (QED) is 0.373. The van der Waals surface area contributed by atoms with Crippen molar-refractivity contribution in [3.8, 4) is 5.75 Å². The van der Waals surface area contributed by atoms with E-state index in [-0.39, 0.29) is 18.1 Å². The van der Waals surface area contributed by atoms with Crippen molar-refractivity contribution < 1.29 is 23.5 Å². The van der Waals surface area contributed by atoms with Crippen LogP contribution in [0.15, 0.2) is 78.5 Å². The van der Waals surface area contributed by atoms with E-state index in [0.717, 1.165) is 22.4 Å². The lowest BCUT2D eigenvalue weighted by Gasteiger charge is -2.13. The fourth-order valence-electron chi connectivity index (χ4n) is 3.57. The van der Waals surface area contributed by atoms with Gasteiger partial charge in [-0.15, -0.1) is 0 Å². The van der Waals surface area contributed by atoms with Crippen molar-refractivity contribution in [3.63, 3.8) is 0 Å². The van der Waals surface area contributed by atoms with E-state index < -0.39 is 24.4 Å². The number of amides is 4. The highest BCUT2D eigenvalue weighted by Gasteiger charge is 2.35. The van der Waals surface area contributed by atoms with Gasteiger partial charge >= 0.3 is 6.03 Å². The summed E-state index contributed by atoms with van der Waals surface area (Å²) in [6, 6.07) is 19.7. The van der Waals surface area contributed by atoms with Crippen molar-refractivity contribution in [1.29, 1.82) is 0 Å². The average molecular weight is 474 g/mol. The molecule has 3 aromatic carbocycles. The number of para-hydroxylation sites is 1. The maximum atomic E-state index is 13.0. The Morgan fingerprint density at radius 3 is 2.46 bits per heavy atom. The molecule has 4 amide bonds. The minimum atomic E-state index is -0.653. The Morgan fingerprint density at radius 1 is 1.03 bits per heavy atom. The van der Waals surface area contributed by atoms with Crippen LogP contribution in [0, 0.1) is 5.82 Å². The van der Waals surface area contributed by atoms with Gasteiger partial charge in [-0.05, 0) is 59.5 Å². The molecule has 35 heavy (non-hydrogen) atoms. The topological polar surface area (TPSA) is 87.7 Å². The Balaban J connectivity index is 1.36. The number of urea groups is 1. The molecule has 0 aromatic heterocycles. The molecule has 0 bridgehead atoms. The normalized spacial score (nSPS) is 14.2. The minimum absolute atomic E-state index is 0.0803. The Hall–Kier alpha value is -4.46. The molecule has 0 unspecified atom stereocenters. The Morgan fingerprint density at radius 2 is 1.74 bits per heavy atom. The van der Waals surface area contributed by atoms with Crippen LogP contribution >= 0.6 is 0 Å². The first kappa shape index (κ1) is 23.7. The molecule has 0 saturated carbocycles. The highest BCUT2D eigenvalue weighted by Crippen LogP contribution is 2.19. The van der Waals surface area contributed by atoms with E-state index in [1.54, 1.807) is 42.5 Å². The highest BCUT2D eigenvalue weighted by atomic mass is 19.1. The average Bonchev–Trinajstić information content (AvgIpc) is 3.12. The second kappa shape index (κ2) is 10.6. The van der Waals surface area contributed by atoms with Crippen molar-refractivity contribution >= 4 is 29.6 Å². The zero-order valence-corrected chi connectivity index (χ0v) is 19.1. The molecule has 1 aliphatic rings. The lowest BCUT2D eigenvalue weighted by molar-refractivity contribution is -0.127. The second-order valence-corrected chi connectivity index (χ2v) is 7.92. The number of hydrogen-bond acceptors (Lipinski definition) is 4. The van der Waals surface area contributed by atoms with E-state index in [9.17, 15) is 18.8 Å². The van der Waals surface area contributed by atoms with Crippen molar-refractivity contribution in [2.24, 2.45) is 0 Å². The summed E-state index contributed by atoms with van der Waals surface area (Å²) in [5, 5.41) is 5.28. The third-order valence-corrected chi connectivity index (χ3v) is 5.45. The van der Waals surface area contributed by atoms with Crippen LogP contribution in [0.5, 0.6) is 5.75 Å². The minimum Gasteiger partial charge on any atom is -0.489 e. The predicted octanol–water partition coefficient (Wildman–Crippen LogP) is 4.50. The van der Waals surface area contributed by atoms with Gasteiger partial charge in [0.15, 0.2) is 0 Å². The summed E-state index contributed by atoms with van der Waals surface area (Å²) in [4.78, 5) is 38.4. The summed E-state index contributed by atoms with van der Waals surface area (Å²) in [6.07, 6.45) is 2.27. The second-order valence-electron chi connectivity index (χ2n) is 7.92. The van der Waals surface area contributed by atoms with Crippen molar-refractivity contribution in [3.05, 3.63) is 101 Å². The van der Waals surface area contributed by atoms with E-state index in [4.69, 9.17) is 4.74 Å². The van der Waals surface area contributed by atoms with E-state index in [1.807, 2.05) is 25.1 Å². The first-order valence-corrected chi connectivity index (χ1v) is 11.1. The Bertz CT molecular complexity index is 1270. The third-order valence-electron chi connectivity index (χ3n) is 5.45. The molecule has 0 spiro atoms. The SMILES string of the molecule is CCc1ccccc1NC(=O)CN1C(=O)N/C(=C/c2ccc(OCc3ccc(F)cc3)cc2)C1=O. The van der Waals surface area contributed by atoms with Gasteiger partial charge in [0.2, 0.25) is 5.91 Å². The molecule has 0 atom stereocenters. The number of aryl methyl sites for hydroxylation is 1. The number of benzene rings is 3. The molecular formula is C27H24FN3O4. The first-order valence-electron chi connectivity index (χ1n) is 11.1. The lowest BCUT2D eigenvalue weighted by Crippen LogP contribution is -2.38. The lowest BCUT2D eigenvalue weighted by atomic mass is 10.1. The molecule has 3 aromatic rings. The molecule has 1 fully saturated rings. The van der Waals surface area contributed by atoms with Crippen molar-refractivity contribution in [1.82, 2.24) is 10.2 Å². The molecule has 178 valence electrons. The third kappa shape index (κ3) is 5.92. The van der Waals surface area contributed by atoms with Gasteiger partial charge in [0.05, 0.1) is 0 Å². The van der Waals surface area contributed by atoms with Crippen LogP contribution in [0.2, 0.25) is 0 Å². The van der Waals surface area contributed by atoms with Gasteiger partial charge < -0.3 is 15.4 Å². The predicted molar refractivity (Wildman–Crippen MR) is 130 cm³/mol. The van der Waals surface area contributed by atoms with E-state index in [1.165, 1.54) is 18.2 Å². The number of nitrogens with one attached hydrogen (secondary N) is 2. The number of hydrogen-bond donors (Lipinski definition) is 2. The van der Waals surface area contributed by atoms with E-state index >= 15 is 0 Å². The van der Waals surface area contributed by atoms with Gasteiger partial charge in [-0.3, -0.25) is 9.59 Å². The maximum Gasteiger partial charge on any atom is 0.329 e. The molecular weight excluding hydrogens is 449 g/mol. The number of nitrogens with zero attached hydrogens (tertiary/aromatic N) is 1. The number of imide groups is 1. The summed E-state index contributed by atoms with van der Waals surface area (Å²) in [5.41, 5.74) is 3.20. The van der Waals surface area contributed by atoms with Crippen LogP contribution in [0.1, 0.15) is 23.6 Å². The van der Waals surface area contributed by atoms with Crippen LogP contribution < -0.4 is 15.4 Å². The summed E-state index contributed by atoms with van der Waals surface area (Å²) in [6.45, 7) is 1.87. The van der Waals surface area contributed by atoms with Crippen LogP contribution in [0.25, 0.3) is 6.08 Å². The van der Waals surface area contributed by atoms with Crippen LogP contribution in [-0.2, 0) is 22.6 Å². The molecule has 4 rings (SSSR count).